The van der Waals surface area contributed by atoms with Gasteiger partial charge in [-0.25, -0.2) is 4.39 Å². The maximum Gasteiger partial charge on any atom is 0.270 e. The van der Waals surface area contributed by atoms with Gasteiger partial charge >= 0.3 is 0 Å². The van der Waals surface area contributed by atoms with Crippen LogP contribution in [0.25, 0.3) is 11.1 Å². The van der Waals surface area contributed by atoms with E-state index >= 15 is 0 Å². The van der Waals surface area contributed by atoms with Crippen molar-refractivity contribution in [2.45, 2.75) is 26.3 Å². The second-order valence-electron chi connectivity index (χ2n) is 8.32. The van der Waals surface area contributed by atoms with Crippen LogP contribution in [0.5, 0.6) is 0 Å². The van der Waals surface area contributed by atoms with Crippen LogP contribution >= 0.6 is 0 Å². The standard InChI is InChI=1S/C27H26FN5O2/c1-17-12-14-29-18(2)25(17)19-8-10-21(11-9-19)31-26(34)23(16-20-6-4-5-7-22(20)28)32-27(35)24-13-15-30-33(24)3/h4-15,23H,16H2,1-3H3,(H,31,34)(H,32,35). The Morgan fingerprint density at radius 2 is 1.74 bits per heavy atom. The number of pyridine rings is 1. The summed E-state index contributed by atoms with van der Waals surface area (Å²) >= 11 is 0. The summed E-state index contributed by atoms with van der Waals surface area (Å²) in [6, 6.07) is 16.1. The topological polar surface area (TPSA) is 88.9 Å². The molecule has 1 atom stereocenters. The van der Waals surface area contributed by atoms with Gasteiger partial charge in [0.05, 0.1) is 0 Å². The summed E-state index contributed by atoms with van der Waals surface area (Å²) in [7, 11) is 1.63. The Morgan fingerprint density at radius 1 is 1.00 bits per heavy atom. The summed E-state index contributed by atoms with van der Waals surface area (Å²) in [4.78, 5) is 30.3. The summed E-state index contributed by atoms with van der Waals surface area (Å²) in [5, 5.41) is 9.55. The van der Waals surface area contributed by atoms with E-state index in [1.807, 2.05) is 32.0 Å². The molecule has 35 heavy (non-hydrogen) atoms. The number of aromatic nitrogens is 3. The molecule has 1 unspecified atom stereocenters. The minimum atomic E-state index is -1.00. The molecular formula is C27H26FN5O2. The molecule has 0 aliphatic rings. The number of hydrogen-bond donors (Lipinski definition) is 2. The summed E-state index contributed by atoms with van der Waals surface area (Å²) in [6.45, 7) is 3.98. The molecule has 8 heteroatoms. The largest absolute Gasteiger partial charge is 0.339 e. The van der Waals surface area contributed by atoms with Crippen molar-refractivity contribution in [3.8, 4) is 11.1 Å². The van der Waals surface area contributed by atoms with Gasteiger partial charge in [-0.05, 0) is 60.9 Å². The average molecular weight is 472 g/mol. The molecular weight excluding hydrogens is 445 g/mol. The van der Waals surface area contributed by atoms with Crippen LogP contribution in [-0.4, -0.2) is 32.6 Å². The molecule has 0 bridgehead atoms. The fourth-order valence-electron chi connectivity index (χ4n) is 4.00. The van der Waals surface area contributed by atoms with Gasteiger partial charge < -0.3 is 10.6 Å². The number of halogens is 1. The van der Waals surface area contributed by atoms with Crippen molar-refractivity contribution in [1.29, 1.82) is 0 Å². The van der Waals surface area contributed by atoms with Crippen LogP contribution in [0.2, 0.25) is 0 Å². The molecule has 0 aliphatic heterocycles. The van der Waals surface area contributed by atoms with E-state index in [1.165, 1.54) is 16.9 Å². The van der Waals surface area contributed by atoms with Gasteiger partial charge in [0.15, 0.2) is 0 Å². The van der Waals surface area contributed by atoms with E-state index in [-0.39, 0.29) is 6.42 Å². The monoisotopic (exact) mass is 471 g/mol. The van der Waals surface area contributed by atoms with E-state index in [4.69, 9.17) is 0 Å². The molecule has 0 fully saturated rings. The lowest BCUT2D eigenvalue weighted by Crippen LogP contribution is -2.45. The molecule has 4 rings (SSSR count). The van der Waals surface area contributed by atoms with E-state index in [1.54, 1.807) is 49.6 Å². The first-order valence-corrected chi connectivity index (χ1v) is 11.2. The number of rotatable bonds is 7. The van der Waals surface area contributed by atoms with Gasteiger partial charge in [0.1, 0.15) is 17.6 Å². The maximum atomic E-state index is 14.3. The zero-order chi connectivity index (χ0) is 24.9. The lowest BCUT2D eigenvalue weighted by atomic mass is 9.99. The molecule has 2 aromatic heterocycles. The third-order valence-corrected chi connectivity index (χ3v) is 5.85. The molecule has 2 aromatic carbocycles. The molecule has 7 nitrogen and oxygen atoms in total. The van der Waals surface area contributed by atoms with Crippen molar-refractivity contribution >= 4 is 17.5 Å². The van der Waals surface area contributed by atoms with Crippen molar-refractivity contribution in [3.05, 3.63) is 101 Å². The lowest BCUT2D eigenvalue weighted by Gasteiger charge is -2.19. The van der Waals surface area contributed by atoms with Crippen molar-refractivity contribution < 1.29 is 14.0 Å². The van der Waals surface area contributed by atoms with Crippen LogP contribution in [0.1, 0.15) is 27.3 Å². The number of amides is 2. The maximum absolute atomic E-state index is 14.3. The smallest absolute Gasteiger partial charge is 0.270 e. The molecule has 0 aliphatic carbocycles. The van der Waals surface area contributed by atoms with E-state index in [0.717, 1.165) is 22.4 Å². The molecule has 0 spiro atoms. The van der Waals surface area contributed by atoms with Gasteiger partial charge in [0, 0.05) is 42.8 Å². The molecule has 4 aromatic rings. The number of nitrogens with one attached hydrogen (secondary N) is 2. The van der Waals surface area contributed by atoms with Crippen LogP contribution in [0, 0.1) is 19.7 Å². The Labute approximate surface area is 203 Å². The number of nitrogens with zero attached hydrogens (tertiary/aromatic N) is 3. The first kappa shape index (κ1) is 23.8. The van der Waals surface area contributed by atoms with Crippen molar-refractivity contribution in [2.75, 3.05) is 5.32 Å². The first-order valence-electron chi connectivity index (χ1n) is 11.2. The predicted molar refractivity (Wildman–Crippen MR) is 132 cm³/mol. The Morgan fingerprint density at radius 3 is 2.40 bits per heavy atom. The summed E-state index contributed by atoms with van der Waals surface area (Å²) < 4.78 is 15.7. The van der Waals surface area contributed by atoms with Crippen molar-refractivity contribution in [1.82, 2.24) is 20.1 Å². The summed E-state index contributed by atoms with van der Waals surface area (Å²) in [5.74, 6) is -1.36. The number of anilines is 1. The van der Waals surface area contributed by atoms with Gasteiger partial charge in [-0.1, -0.05) is 30.3 Å². The Hall–Kier alpha value is -4.33. The minimum absolute atomic E-state index is 0.00570. The molecule has 2 heterocycles. The third-order valence-electron chi connectivity index (χ3n) is 5.85. The molecule has 0 saturated carbocycles. The zero-order valence-electron chi connectivity index (χ0n) is 19.7. The van der Waals surface area contributed by atoms with Gasteiger partial charge in [-0.15, -0.1) is 0 Å². The van der Waals surface area contributed by atoms with E-state index in [0.29, 0.717) is 16.9 Å². The third kappa shape index (κ3) is 5.43. The average Bonchev–Trinajstić information content (AvgIpc) is 3.27. The summed E-state index contributed by atoms with van der Waals surface area (Å²) in [6.07, 6.45) is 3.26. The SMILES string of the molecule is Cc1ccnc(C)c1-c1ccc(NC(=O)C(Cc2ccccc2F)NC(=O)c2ccnn2C)cc1. The molecule has 0 saturated heterocycles. The highest BCUT2D eigenvalue weighted by atomic mass is 19.1. The van der Waals surface area contributed by atoms with Crippen LogP contribution in [0.4, 0.5) is 10.1 Å². The minimum Gasteiger partial charge on any atom is -0.339 e. The van der Waals surface area contributed by atoms with Gasteiger partial charge in [-0.2, -0.15) is 5.10 Å². The lowest BCUT2D eigenvalue weighted by molar-refractivity contribution is -0.118. The Kier molecular flexibility index (Phi) is 7.01. The van der Waals surface area contributed by atoms with Crippen LogP contribution < -0.4 is 10.6 Å². The second-order valence-corrected chi connectivity index (χ2v) is 8.32. The van der Waals surface area contributed by atoms with E-state index in [9.17, 15) is 14.0 Å². The first-order chi connectivity index (χ1) is 16.8. The predicted octanol–water partition coefficient (Wildman–Crippen LogP) is 4.22. The van der Waals surface area contributed by atoms with Gasteiger partial charge in [0.2, 0.25) is 5.91 Å². The number of carbonyl (C=O) groups excluding carboxylic acids is 2. The molecule has 178 valence electrons. The number of carbonyl (C=O) groups is 2. The zero-order valence-corrected chi connectivity index (χ0v) is 19.7. The number of benzene rings is 2. The van der Waals surface area contributed by atoms with Crippen molar-refractivity contribution in [2.24, 2.45) is 7.05 Å². The van der Waals surface area contributed by atoms with Gasteiger partial charge in [-0.3, -0.25) is 19.3 Å². The number of hydrogen-bond acceptors (Lipinski definition) is 4. The Balaban J connectivity index is 1.55. The number of aryl methyl sites for hydroxylation is 3. The normalized spacial score (nSPS) is 11.7. The van der Waals surface area contributed by atoms with Crippen LogP contribution in [0.15, 0.2) is 73.1 Å². The molecule has 0 radical (unpaired) electrons. The summed E-state index contributed by atoms with van der Waals surface area (Å²) in [5.41, 5.74) is 5.25. The highest BCUT2D eigenvalue weighted by Gasteiger charge is 2.24. The van der Waals surface area contributed by atoms with Crippen LogP contribution in [-0.2, 0) is 18.3 Å². The van der Waals surface area contributed by atoms with Crippen molar-refractivity contribution in [3.63, 3.8) is 0 Å². The van der Waals surface area contributed by atoms with Crippen LogP contribution in [0.3, 0.4) is 0 Å². The molecule has 2 N–H and O–H groups in total. The molecule has 2 amide bonds. The van der Waals surface area contributed by atoms with E-state index < -0.39 is 23.7 Å². The highest BCUT2D eigenvalue weighted by Crippen LogP contribution is 2.27. The Bertz CT molecular complexity index is 1340. The highest BCUT2D eigenvalue weighted by molar-refractivity contribution is 6.00. The second kappa shape index (κ2) is 10.3. The fraction of sp³-hybridized carbons (Fsp3) is 0.185. The van der Waals surface area contributed by atoms with Gasteiger partial charge in [0.25, 0.3) is 5.91 Å². The quantitative estimate of drug-likeness (QED) is 0.422. The fourth-order valence-corrected chi connectivity index (χ4v) is 4.00. The van der Waals surface area contributed by atoms with E-state index in [2.05, 4.69) is 20.7 Å².